The van der Waals surface area contributed by atoms with E-state index in [9.17, 15) is 15.3 Å². The van der Waals surface area contributed by atoms with Gasteiger partial charge < -0.3 is 15.3 Å². The lowest BCUT2D eigenvalue weighted by Crippen LogP contribution is -2.53. The van der Waals surface area contributed by atoms with Crippen LogP contribution in [0.4, 0.5) is 0 Å². The van der Waals surface area contributed by atoms with Gasteiger partial charge in [-0.05, 0) is 19.8 Å². The second kappa shape index (κ2) is 12.5. The fourth-order valence-electron chi connectivity index (χ4n) is 2.02. The monoisotopic (exact) mass is 290 g/mol. The van der Waals surface area contributed by atoms with Gasteiger partial charge in [0.05, 0.1) is 24.5 Å². The smallest absolute Gasteiger partial charge is 0.0838 e. The molecule has 0 aromatic rings. The Morgan fingerprint density at radius 2 is 1.20 bits per heavy atom. The van der Waals surface area contributed by atoms with Crippen LogP contribution in [0.1, 0.15) is 59.3 Å². The molecule has 0 fully saturated rings. The van der Waals surface area contributed by atoms with Crippen LogP contribution in [-0.2, 0) is 0 Å². The quantitative estimate of drug-likeness (QED) is 0.327. The Bertz CT molecular complexity index is 197. The van der Waals surface area contributed by atoms with Crippen molar-refractivity contribution in [3.63, 3.8) is 0 Å². The fraction of sp³-hybridized carbons (Fsp3) is 1.00. The van der Waals surface area contributed by atoms with Gasteiger partial charge in [-0.25, -0.2) is 0 Å². The Labute approximate surface area is 123 Å². The summed E-state index contributed by atoms with van der Waals surface area (Å²) in [7, 11) is 0. The molecule has 5 N–H and O–H groups in total. The molecule has 0 rings (SSSR count). The third kappa shape index (κ3) is 10.6. The summed E-state index contributed by atoms with van der Waals surface area (Å²) in [5, 5.41) is 35.5. The van der Waals surface area contributed by atoms with E-state index in [0.29, 0.717) is 13.1 Å². The molecule has 3 atom stereocenters. The predicted molar refractivity (Wildman–Crippen MR) is 82.5 cm³/mol. The zero-order valence-electron chi connectivity index (χ0n) is 13.3. The van der Waals surface area contributed by atoms with Crippen molar-refractivity contribution < 1.29 is 15.3 Å². The number of nitrogens with one attached hydrogen (secondary N) is 2. The molecular weight excluding hydrogens is 256 g/mol. The van der Waals surface area contributed by atoms with E-state index >= 15 is 0 Å². The van der Waals surface area contributed by atoms with Gasteiger partial charge in [0.2, 0.25) is 0 Å². The summed E-state index contributed by atoms with van der Waals surface area (Å²) in [5.74, 6) is 0. The van der Waals surface area contributed by atoms with Crippen LogP contribution in [0.5, 0.6) is 0 Å². The van der Waals surface area contributed by atoms with Crippen LogP contribution in [0.2, 0.25) is 0 Å². The van der Waals surface area contributed by atoms with E-state index in [1.807, 2.05) is 0 Å². The Morgan fingerprint density at radius 3 is 1.50 bits per heavy atom. The van der Waals surface area contributed by atoms with E-state index in [-0.39, 0.29) is 18.4 Å². The van der Waals surface area contributed by atoms with E-state index in [1.165, 1.54) is 0 Å². The first kappa shape index (κ1) is 19.8. The zero-order valence-corrected chi connectivity index (χ0v) is 13.3. The molecule has 122 valence electrons. The number of aliphatic hydroxyl groups excluding tert-OH is 3. The lowest BCUT2D eigenvalue weighted by atomic mass is 10.1. The maximum atomic E-state index is 9.78. The van der Waals surface area contributed by atoms with E-state index in [2.05, 4.69) is 24.5 Å². The minimum absolute atomic E-state index is 0.303. The molecular formula is C15H34N2O3. The third-order valence-corrected chi connectivity index (χ3v) is 3.41. The topological polar surface area (TPSA) is 84.8 Å². The van der Waals surface area contributed by atoms with Crippen molar-refractivity contribution in [2.45, 2.75) is 83.8 Å². The number of aliphatic hydroxyl groups is 3. The van der Waals surface area contributed by atoms with Crippen LogP contribution < -0.4 is 10.6 Å². The molecule has 0 aromatic carbocycles. The van der Waals surface area contributed by atoms with Gasteiger partial charge >= 0.3 is 0 Å². The average Bonchev–Trinajstić information content (AvgIpc) is 2.42. The summed E-state index contributed by atoms with van der Waals surface area (Å²) in [6, 6.07) is 0. The van der Waals surface area contributed by atoms with Crippen LogP contribution in [0.15, 0.2) is 0 Å². The largest absolute Gasteiger partial charge is 0.392 e. The van der Waals surface area contributed by atoms with Crippen molar-refractivity contribution in [1.29, 1.82) is 0 Å². The summed E-state index contributed by atoms with van der Waals surface area (Å²) < 4.78 is 0. The van der Waals surface area contributed by atoms with Gasteiger partial charge in [-0.1, -0.05) is 39.5 Å². The summed E-state index contributed by atoms with van der Waals surface area (Å²) in [6.07, 6.45) is 4.04. The standard InChI is InChI=1S/C15H34N2O3/c1-4-6-8-13(19)10-16-15(12(3)18)17-11-14(20)9-7-5-2/h12-20H,4-11H2,1-3H3. The lowest BCUT2D eigenvalue weighted by molar-refractivity contribution is 0.0894. The van der Waals surface area contributed by atoms with Gasteiger partial charge in [0.15, 0.2) is 0 Å². The molecule has 0 aliphatic rings. The van der Waals surface area contributed by atoms with E-state index in [0.717, 1.165) is 38.5 Å². The highest BCUT2D eigenvalue weighted by Gasteiger charge is 2.16. The molecule has 20 heavy (non-hydrogen) atoms. The van der Waals surface area contributed by atoms with Gasteiger partial charge in [0, 0.05) is 13.1 Å². The average molecular weight is 290 g/mol. The van der Waals surface area contributed by atoms with Gasteiger partial charge in [0.1, 0.15) is 0 Å². The second-order valence-corrected chi connectivity index (χ2v) is 5.63. The van der Waals surface area contributed by atoms with Crippen LogP contribution in [0.3, 0.4) is 0 Å². The van der Waals surface area contributed by atoms with Crippen molar-refractivity contribution in [1.82, 2.24) is 10.6 Å². The molecule has 0 heterocycles. The molecule has 0 aliphatic heterocycles. The van der Waals surface area contributed by atoms with Gasteiger partial charge in [-0.3, -0.25) is 10.6 Å². The SMILES string of the molecule is CCCCC(O)CNC(NCC(O)CCCC)C(C)O. The first-order chi connectivity index (χ1) is 9.51. The Balaban J connectivity index is 3.92. The van der Waals surface area contributed by atoms with Crippen LogP contribution >= 0.6 is 0 Å². The molecule has 0 saturated heterocycles. The summed E-state index contributed by atoms with van der Waals surface area (Å²) in [5.41, 5.74) is 0. The fourth-order valence-corrected chi connectivity index (χ4v) is 2.02. The van der Waals surface area contributed by atoms with Crippen molar-refractivity contribution in [2.75, 3.05) is 13.1 Å². The van der Waals surface area contributed by atoms with Crippen molar-refractivity contribution in [3.05, 3.63) is 0 Å². The second-order valence-electron chi connectivity index (χ2n) is 5.63. The maximum absolute atomic E-state index is 9.78. The Kier molecular flexibility index (Phi) is 12.4. The van der Waals surface area contributed by atoms with Gasteiger partial charge in [-0.15, -0.1) is 0 Å². The minimum atomic E-state index is -0.577. The predicted octanol–water partition coefficient (Wildman–Crippen LogP) is 0.975. The van der Waals surface area contributed by atoms with Crippen molar-refractivity contribution >= 4 is 0 Å². The summed E-state index contributed by atoms with van der Waals surface area (Å²) in [4.78, 5) is 0. The number of unbranched alkanes of at least 4 members (excludes halogenated alkanes) is 2. The first-order valence-corrected chi connectivity index (χ1v) is 8.02. The van der Waals surface area contributed by atoms with E-state index in [1.54, 1.807) is 6.92 Å². The molecule has 5 heteroatoms. The van der Waals surface area contributed by atoms with E-state index < -0.39 is 6.10 Å². The maximum Gasteiger partial charge on any atom is 0.0838 e. The molecule has 0 spiro atoms. The minimum Gasteiger partial charge on any atom is -0.392 e. The zero-order chi connectivity index (χ0) is 15.4. The molecule has 5 nitrogen and oxygen atoms in total. The first-order valence-electron chi connectivity index (χ1n) is 8.02. The summed E-state index contributed by atoms with van der Waals surface area (Å²) >= 11 is 0. The van der Waals surface area contributed by atoms with Crippen LogP contribution in [-0.4, -0.2) is 52.9 Å². The Hall–Kier alpha value is -0.200. The highest BCUT2D eigenvalue weighted by Crippen LogP contribution is 2.01. The van der Waals surface area contributed by atoms with E-state index in [4.69, 9.17) is 0 Å². The third-order valence-electron chi connectivity index (χ3n) is 3.41. The molecule has 0 amide bonds. The molecule has 0 aromatic heterocycles. The highest BCUT2D eigenvalue weighted by atomic mass is 16.3. The van der Waals surface area contributed by atoms with Crippen LogP contribution in [0, 0.1) is 0 Å². The van der Waals surface area contributed by atoms with Crippen LogP contribution in [0.25, 0.3) is 0 Å². The highest BCUT2D eigenvalue weighted by molar-refractivity contribution is 4.74. The van der Waals surface area contributed by atoms with Crippen molar-refractivity contribution in [2.24, 2.45) is 0 Å². The lowest BCUT2D eigenvalue weighted by Gasteiger charge is -2.25. The summed E-state index contributed by atoms with van der Waals surface area (Å²) in [6.45, 7) is 6.79. The molecule has 3 unspecified atom stereocenters. The van der Waals surface area contributed by atoms with Gasteiger partial charge in [0.25, 0.3) is 0 Å². The molecule has 0 saturated carbocycles. The normalized spacial score (nSPS) is 17.7. The number of rotatable bonds is 13. The van der Waals surface area contributed by atoms with Gasteiger partial charge in [-0.2, -0.15) is 0 Å². The molecule has 0 radical (unpaired) electrons. The Morgan fingerprint density at radius 1 is 0.800 bits per heavy atom. The molecule has 0 aliphatic carbocycles. The van der Waals surface area contributed by atoms with Crippen molar-refractivity contribution in [3.8, 4) is 0 Å². The molecule has 0 bridgehead atoms. The number of hydrogen-bond donors (Lipinski definition) is 5. The number of hydrogen-bond acceptors (Lipinski definition) is 5.